The third-order valence-corrected chi connectivity index (χ3v) is 3.77. The highest BCUT2D eigenvalue weighted by Gasteiger charge is 2.26. The van der Waals surface area contributed by atoms with Crippen molar-refractivity contribution in [3.05, 3.63) is 11.9 Å². The van der Waals surface area contributed by atoms with Crippen LogP contribution in [0.4, 0.5) is 11.6 Å². The van der Waals surface area contributed by atoms with Gasteiger partial charge >= 0.3 is 0 Å². The molecule has 0 spiro atoms. The van der Waals surface area contributed by atoms with Gasteiger partial charge in [-0.2, -0.15) is 0 Å². The zero-order chi connectivity index (χ0) is 14.5. The van der Waals surface area contributed by atoms with Gasteiger partial charge in [0.25, 0.3) is 0 Å². The molecular formula is C14H23N5O. The average Bonchev–Trinajstić information content (AvgIpc) is 2.93. The lowest BCUT2D eigenvalue weighted by molar-refractivity contribution is -0.116. The van der Waals surface area contributed by atoms with Gasteiger partial charge in [-0.15, -0.1) is 0 Å². The summed E-state index contributed by atoms with van der Waals surface area (Å²) in [7, 11) is 0. The van der Waals surface area contributed by atoms with Crippen molar-refractivity contribution in [1.82, 2.24) is 9.97 Å². The number of carbonyl (C=O) groups is 1. The normalized spacial score (nSPS) is 15.3. The molecule has 1 amide bonds. The lowest BCUT2D eigenvalue weighted by atomic mass is 10.1. The van der Waals surface area contributed by atoms with Gasteiger partial charge in [0.2, 0.25) is 5.91 Å². The van der Waals surface area contributed by atoms with Crippen LogP contribution in [-0.4, -0.2) is 35.0 Å². The van der Waals surface area contributed by atoms with Crippen LogP contribution in [0.25, 0.3) is 0 Å². The van der Waals surface area contributed by atoms with E-state index >= 15 is 0 Å². The zero-order valence-electron chi connectivity index (χ0n) is 12.2. The standard InChI is InChI=1S/C14H23N5O/c1-3-16-13-10(2)14(18-9-17-13)19(8-12(15)20)11-6-4-5-7-11/h9,11H,3-8H2,1-2H3,(H2,15,20)(H,16,17,18). The van der Waals surface area contributed by atoms with Crippen molar-refractivity contribution in [2.24, 2.45) is 5.73 Å². The van der Waals surface area contributed by atoms with E-state index in [1.807, 2.05) is 18.7 Å². The predicted octanol–water partition coefficient (Wildman–Crippen LogP) is 1.45. The Morgan fingerprint density at radius 3 is 2.75 bits per heavy atom. The number of carbonyl (C=O) groups excluding carboxylic acids is 1. The molecule has 6 heteroatoms. The van der Waals surface area contributed by atoms with E-state index in [0.29, 0.717) is 6.04 Å². The summed E-state index contributed by atoms with van der Waals surface area (Å²) >= 11 is 0. The van der Waals surface area contributed by atoms with Crippen LogP contribution in [0.2, 0.25) is 0 Å². The molecule has 20 heavy (non-hydrogen) atoms. The molecule has 0 radical (unpaired) electrons. The van der Waals surface area contributed by atoms with E-state index in [2.05, 4.69) is 15.3 Å². The maximum absolute atomic E-state index is 11.4. The van der Waals surface area contributed by atoms with Gasteiger partial charge in [0.15, 0.2) is 0 Å². The van der Waals surface area contributed by atoms with Gasteiger partial charge in [-0.05, 0) is 26.7 Å². The number of primary amides is 1. The summed E-state index contributed by atoms with van der Waals surface area (Å²) in [6.07, 6.45) is 6.12. The minimum absolute atomic E-state index is 0.216. The van der Waals surface area contributed by atoms with Crippen LogP contribution in [0.5, 0.6) is 0 Å². The lowest BCUT2D eigenvalue weighted by Crippen LogP contribution is -2.41. The van der Waals surface area contributed by atoms with Crippen molar-refractivity contribution in [3.8, 4) is 0 Å². The van der Waals surface area contributed by atoms with E-state index in [-0.39, 0.29) is 12.5 Å². The summed E-state index contributed by atoms with van der Waals surface area (Å²) < 4.78 is 0. The van der Waals surface area contributed by atoms with Crippen molar-refractivity contribution >= 4 is 17.5 Å². The van der Waals surface area contributed by atoms with Gasteiger partial charge in [0.05, 0.1) is 6.54 Å². The molecule has 1 aromatic heterocycles. The molecule has 110 valence electrons. The quantitative estimate of drug-likeness (QED) is 0.822. The first kappa shape index (κ1) is 14.6. The van der Waals surface area contributed by atoms with Crippen molar-refractivity contribution < 1.29 is 4.79 Å². The molecule has 1 heterocycles. The Bertz CT molecular complexity index is 471. The Balaban J connectivity index is 2.32. The highest BCUT2D eigenvalue weighted by Crippen LogP contribution is 2.30. The molecule has 1 aliphatic rings. The summed E-state index contributed by atoms with van der Waals surface area (Å²) in [5.74, 6) is 1.33. The largest absolute Gasteiger partial charge is 0.370 e. The van der Waals surface area contributed by atoms with Crippen molar-refractivity contribution in [1.29, 1.82) is 0 Å². The number of hydrogen-bond donors (Lipinski definition) is 2. The first-order chi connectivity index (χ1) is 9.63. The van der Waals surface area contributed by atoms with Gasteiger partial charge in [-0.25, -0.2) is 9.97 Å². The Kier molecular flexibility index (Phi) is 4.76. The minimum Gasteiger partial charge on any atom is -0.370 e. The number of rotatable bonds is 6. The monoisotopic (exact) mass is 277 g/mol. The SMILES string of the molecule is CCNc1ncnc(N(CC(N)=O)C2CCCC2)c1C. The summed E-state index contributed by atoms with van der Waals surface area (Å²) in [6.45, 7) is 5.03. The maximum atomic E-state index is 11.4. The fourth-order valence-corrected chi connectivity index (χ4v) is 2.84. The van der Waals surface area contributed by atoms with Crippen molar-refractivity contribution in [3.63, 3.8) is 0 Å². The average molecular weight is 277 g/mol. The molecule has 0 bridgehead atoms. The van der Waals surface area contributed by atoms with Crippen LogP contribution < -0.4 is 16.0 Å². The first-order valence-corrected chi connectivity index (χ1v) is 7.24. The molecule has 0 saturated heterocycles. The van der Waals surface area contributed by atoms with Crippen LogP contribution in [0.15, 0.2) is 6.33 Å². The molecule has 0 aliphatic heterocycles. The number of nitrogens with one attached hydrogen (secondary N) is 1. The topological polar surface area (TPSA) is 84.1 Å². The molecule has 0 unspecified atom stereocenters. The number of aromatic nitrogens is 2. The van der Waals surface area contributed by atoms with Crippen LogP contribution in [0.3, 0.4) is 0 Å². The third-order valence-electron chi connectivity index (χ3n) is 3.77. The van der Waals surface area contributed by atoms with Gasteiger partial charge in [-0.1, -0.05) is 12.8 Å². The van der Waals surface area contributed by atoms with Crippen molar-refractivity contribution in [2.75, 3.05) is 23.3 Å². The summed E-state index contributed by atoms with van der Waals surface area (Å²) in [6, 6.07) is 0.352. The highest BCUT2D eigenvalue weighted by molar-refractivity contribution is 5.80. The van der Waals surface area contributed by atoms with Gasteiger partial charge in [0.1, 0.15) is 18.0 Å². The number of nitrogens with two attached hydrogens (primary N) is 1. The van der Waals surface area contributed by atoms with Gasteiger partial charge < -0.3 is 16.0 Å². The van der Waals surface area contributed by atoms with E-state index < -0.39 is 0 Å². The molecule has 3 N–H and O–H groups in total. The molecule has 0 atom stereocenters. The summed E-state index contributed by atoms with van der Waals surface area (Å²) in [5, 5.41) is 3.22. The first-order valence-electron chi connectivity index (χ1n) is 7.24. The summed E-state index contributed by atoms with van der Waals surface area (Å²) in [5.41, 5.74) is 6.38. The fraction of sp³-hybridized carbons (Fsp3) is 0.643. The third kappa shape index (κ3) is 3.18. The Hall–Kier alpha value is -1.85. The Morgan fingerprint density at radius 2 is 2.15 bits per heavy atom. The Labute approximate surface area is 119 Å². The molecule has 1 saturated carbocycles. The minimum atomic E-state index is -0.320. The Morgan fingerprint density at radius 1 is 1.45 bits per heavy atom. The van der Waals surface area contributed by atoms with Gasteiger partial charge in [-0.3, -0.25) is 4.79 Å². The predicted molar refractivity (Wildman–Crippen MR) is 79.7 cm³/mol. The second kappa shape index (κ2) is 6.54. The smallest absolute Gasteiger partial charge is 0.237 e. The van der Waals surface area contributed by atoms with E-state index in [0.717, 1.165) is 36.6 Å². The van der Waals surface area contributed by atoms with Crippen LogP contribution >= 0.6 is 0 Å². The van der Waals surface area contributed by atoms with E-state index in [4.69, 9.17) is 5.73 Å². The molecule has 2 rings (SSSR count). The fourth-order valence-electron chi connectivity index (χ4n) is 2.84. The van der Waals surface area contributed by atoms with Gasteiger partial charge in [0, 0.05) is 18.2 Å². The molecule has 6 nitrogen and oxygen atoms in total. The second-order valence-electron chi connectivity index (χ2n) is 5.23. The lowest BCUT2D eigenvalue weighted by Gasteiger charge is -2.30. The second-order valence-corrected chi connectivity index (χ2v) is 5.23. The van der Waals surface area contributed by atoms with Crippen LogP contribution in [-0.2, 0) is 4.79 Å². The van der Waals surface area contributed by atoms with E-state index in [1.165, 1.54) is 12.8 Å². The van der Waals surface area contributed by atoms with Crippen LogP contribution in [0.1, 0.15) is 38.2 Å². The van der Waals surface area contributed by atoms with Crippen LogP contribution in [0, 0.1) is 6.92 Å². The van der Waals surface area contributed by atoms with E-state index in [1.54, 1.807) is 6.33 Å². The highest BCUT2D eigenvalue weighted by atomic mass is 16.1. The zero-order valence-corrected chi connectivity index (χ0v) is 12.2. The number of nitrogens with zero attached hydrogens (tertiary/aromatic N) is 3. The molecule has 0 aromatic carbocycles. The number of anilines is 2. The maximum Gasteiger partial charge on any atom is 0.237 e. The molecular weight excluding hydrogens is 254 g/mol. The van der Waals surface area contributed by atoms with E-state index in [9.17, 15) is 4.79 Å². The summed E-state index contributed by atoms with van der Waals surface area (Å²) in [4.78, 5) is 22.1. The number of amides is 1. The number of hydrogen-bond acceptors (Lipinski definition) is 5. The molecule has 1 fully saturated rings. The van der Waals surface area contributed by atoms with Crippen molar-refractivity contribution in [2.45, 2.75) is 45.6 Å². The molecule has 1 aliphatic carbocycles. The molecule has 1 aromatic rings.